The highest BCUT2D eigenvalue weighted by atomic mass is 16.5. The van der Waals surface area contributed by atoms with Crippen LogP contribution >= 0.6 is 0 Å². The Hall–Kier alpha value is -2.37. The Morgan fingerprint density at radius 2 is 1.97 bits per heavy atom. The van der Waals surface area contributed by atoms with Gasteiger partial charge >= 0.3 is 0 Å². The summed E-state index contributed by atoms with van der Waals surface area (Å²) in [6.45, 7) is 3.11. The molecule has 2 heterocycles. The molecule has 154 valence electrons. The van der Waals surface area contributed by atoms with Crippen molar-refractivity contribution in [3.8, 4) is 5.75 Å². The Morgan fingerprint density at radius 3 is 2.79 bits per heavy atom. The van der Waals surface area contributed by atoms with E-state index in [0.29, 0.717) is 19.0 Å². The molecule has 0 aliphatic carbocycles. The van der Waals surface area contributed by atoms with Crippen LogP contribution in [0, 0.1) is 0 Å². The number of amides is 1. The van der Waals surface area contributed by atoms with Gasteiger partial charge in [0.15, 0.2) is 0 Å². The Labute approximate surface area is 173 Å². The third kappa shape index (κ3) is 4.80. The first-order valence-corrected chi connectivity index (χ1v) is 10.6. The summed E-state index contributed by atoms with van der Waals surface area (Å²) in [6.07, 6.45) is 3.52. The lowest BCUT2D eigenvalue weighted by atomic mass is 9.97. The summed E-state index contributed by atoms with van der Waals surface area (Å²) < 4.78 is 11.2. The van der Waals surface area contributed by atoms with Crippen molar-refractivity contribution < 1.29 is 14.3 Å². The lowest BCUT2D eigenvalue weighted by molar-refractivity contribution is -0.131. The largest absolute Gasteiger partial charge is 0.497 e. The van der Waals surface area contributed by atoms with Crippen LogP contribution in [-0.4, -0.2) is 43.7 Å². The molecule has 0 bridgehead atoms. The van der Waals surface area contributed by atoms with Crippen LogP contribution in [0.15, 0.2) is 48.5 Å². The summed E-state index contributed by atoms with van der Waals surface area (Å²) in [4.78, 5) is 14.6. The van der Waals surface area contributed by atoms with E-state index in [2.05, 4.69) is 46.6 Å². The van der Waals surface area contributed by atoms with Gasteiger partial charge in [-0.25, -0.2) is 0 Å². The minimum Gasteiger partial charge on any atom is -0.497 e. The zero-order valence-corrected chi connectivity index (χ0v) is 17.1. The number of rotatable bonds is 8. The van der Waals surface area contributed by atoms with E-state index in [1.807, 2.05) is 12.1 Å². The molecular formula is C24H30N2O3. The first-order valence-electron chi connectivity index (χ1n) is 10.6. The quantitative estimate of drug-likeness (QED) is 0.697. The second-order valence-electron chi connectivity index (χ2n) is 7.86. The number of hydrogen-bond donors (Lipinski definition) is 1. The number of nitrogens with one attached hydrogen (secondary N) is 1. The number of hydrogen-bond acceptors (Lipinski definition) is 4. The third-order valence-electron chi connectivity index (χ3n) is 6.05. The van der Waals surface area contributed by atoms with Crippen LogP contribution in [-0.2, 0) is 22.5 Å². The van der Waals surface area contributed by atoms with Crippen molar-refractivity contribution >= 4 is 5.91 Å². The minimum atomic E-state index is -0.00300. The summed E-state index contributed by atoms with van der Waals surface area (Å²) in [5, 5.41) is 3.51. The number of likely N-dealkylation sites (tertiary alicyclic amines) is 1. The molecule has 1 amide bonds. The molecule has 2 aromatic rings. The van der Waals surface area contributed by atoms with E-state index in [9.17, 15) is 4.79 Å². The molecule has 0 radical (unpaired) electrons. The van der Waals surface area contributed by atoms with E-state index >= 15 is 0 Å². The molecule has 2 atom stereocenters. The molecule has 0 aromatic heterocycles. The van der Waals surface area contributed by atoms with Crippen LogP contribution < -0.4 is 10.1 Å². The number of ether oxygens (including phenoxy) is 2. The average molecular weight is 395 g/mol. The summed E-state index contributed by atoms with van der Waals surface area (Å²) >= 11 is 0. The normalized spacial score (nSPS) is 21.3. The van der Waals surface area contributed by atoms with Gasteiger partial charge in [-0.1, -0.05) is 36.4 Å². The first-order chi connectivity index (χ1) is 14.2. The first kappa shape index (κ1) is 19.9. The van der Waals surface area contributed by atoms with Crippen LogP contribution in [0.4, 0.5) is 0 Å². The van der Waals surface area contributed by atoms with Crippen molar-refractivity contribution in [2.24, 2.45) is 0 Å². The van der Waals surface area contributed by atoms with Crippen molar-refractivity contribution in [3.63, 3.8) is 0 Å². The molecule has 0 spiro atoms. The standard InChI is InChI=1S/C24H30N2O3/c1-28-21-9-6-18(7-10-21)16-25-14-12-20-8-11-24(27)26(20)17-23-22-5-3-2-4-19(22)13-15-29-23/h2-7,9-10,20,23,25H,8,11-17H2,1H3/t20-,23-/m1/s1. The van der Waals surface area contributed by atoms with Crippen LogP contribution in [0.25, 0.3) is 0 Å². The van der Waals surface area contributed by atoms with Gasteiger partial charge in [0.05, 0.1) is 20.3 Å². The van der Waals surface area contributed by atoms with Crippen LogP contribution in [0.1, 0.15) is 42.1 Å². The average Bonchev–Trinajstić information content (AvgIpc) is 3.11. The van der Waals surface area contributed by atoms with E-state index in [-0.39, 0.29) is 12.0 Å². The van der Waals surface area contributed by atoms with E-state index < -0.39 is 0 Å². The number of benzene rings is 2. The van der Waals surface area contributed by atoms with Crippen LogP contribution in [0.3, 0.4) is 0 Å². The SMILES string of the molecule is COc1ccc(CNCC[C@H]2CCC(=O)N2C[C@H]2OCCc3ccccc32)cc1. The van der Waals surface area contributed by atoms with Gasteiger partial charge in [0.2, 0.25) is 5.91 Å². The van der Waals surface area contributed by atoms with Crippen LogP contribution in [0.2, 0.25) is 0 Å². The van der Waals surface area contributed by atoms with Crippen molar-refractivity contribution in [2.75, 3.05) is 26.8 Å². The maximum Gasteiger partial charge on any atom is 0.222 e. The smallest absolute Gasteiger partial charge is 0.222 e. The minimum absolute atomic E-state index is 0.00300. The highest BCUT2D eigenvalue weighted by Crippen LogP contribution is 2.31. The molecule has 2 aliphatic heterocycles. The van der Waals surface area contributed by atoms with Gasteiger partial charge in [0, 0.05) is 19.0 Å². The van der Waals surface area contributed by atoms with E-state index in [0.717, 1.165) is 44.7 Å². The fourth-order valence-electron chi connectivity index (χ4n) is 4.40. The summed E-state index contributed by atoms with van der Waals surface area (Å²) in [7, 11) is 1.68. The Morgan fingerprint density at radius 1 is 1.14 bits per heavy atom. The van der Waals surface area contributed by atoms with Gasteiger partial charge in [-0.05, 0) is 54.6 Å². The number of nitrogens with zero attached hydrogens (tertiary/aromatic N) is 1. The Balaban J connectivity index is 1.29. The highest BCUT2D eigenvalue weighted by Gasteiger charge is 2.34. The second-order valence-corrected chi connectivity index (χ2v) is 7.86. The molecule has 1 saturated heterocycles. The number of carbonyl (C=O) groups excluding carboxylic acids is 1. The molecule has 5 nitrogen and oxygen atoms in total. The molecule has 2 aromatic carbocycles. The van der Waals surface area contributed by atoms with Gasteiger partial charge in [-0.3, -0.25) is 4.79 Å². The van der Waals surface area contributed by atoms with Gasteiger partial charge in [-0.15, -0.1) is 0 Å². The Kier molecular flexibility index (Phi) is 6.47. The molecule has 0 unspecified atom stereocenters. The Bertz CT molecular complexity index is 821. The maximum atomic E-state index is 12.5. The number of carbonyl (C=O) groups is 1. The van der Waals surface area contributed by atoms with Gasteiger partial charge in [0.25, 0.3) is 0 Å². The van der Waals surface area contributed by atoms with Gasteiger partial charge < -0.3 is 19.7 Å². The molecule has 4 rings (SSSR count). The zero-order valence-electron chi connectivity index (χ0n) is 17.1. The maximum absolute atomic E-state index is 12.5. The van der Waals surface area contributed by atoms with Crippen molar-refractivity contribution in [1.29, 1.82) is 0 Å². The summed E-state index contributed by atoms with van der Waals surface area (Å²) in [5.41, 5.74) is 3.83. The molecule has 5 heteroatoms. The molecule has 1 fully saturated rings. The third-order valence-corrected chi connectivity index (χ3v) is 6.05. The van der Waals surface area contributed by atoms with Crippen molar-refractivity contribution in [2.45, 2.75) is 44.4 Å². The van der Waals surface area contributed by atoms with Gasteiger partial charge in [0.1, 0.15) is 11.9 Å². The number of methoxy groups -OCH3 is 1. The summed E-state index contributed by atoms with van der Waals surface area (Å²) in [5.74, 6) is 1.14. The fourth-order valence-corrected chi connectivity index (χ4v) is 4.40. The molecule has 29 heavy (non-hydrogen) atoms. The van der Waals surface area contributed by atoms with Gasteiger partial charge in [-0.2, -0.15) is 0 Å². The van der Waals surface area contributed by atoms with Crippen molar-refractivity contribution in [1.82, 2.24) is 10.2 Å². The second kappa shape index (κ2) is 9.42. The molecule has 2 aliphatic rings. The van der Waals surface area contributed by atoms with E-state index in [4.69, 9.17) is 9.47 Å². The van der Waals surface area contributed by atoms with E-state index in [1.54, 1.807) is 7.11 Å². The highest BCUT2D eigenvalue weighted by molar-refractivity contribution is 5.78. The number of fused-ring (bicyclic) bond motifs is 1. The predicted octanol–water partition coefficient (Wildman–Crippen LogP) is 3.48. The summed E-state index contributed by atoms with van der Waals surface area (Å²) in [6, 6.07) is 16.9. The fraction of sp³-hybridized carbons (Fsp3) is 0.458. The molecular weight excluding hydrogens is 364 g/mol. The van der Waals surface area contributed by atoms with E-state index in [1.165, 1.54) is 16.7 Å². The molecule has 0 saturated carbocycles. The lowest BCUT2D eigenvalue weighted by Gasteiger charge is -2.32. The van der Waals surface area contributed by atoms with Crippen molar-refractivity contribution in [3.05, 3.63) is 65.2 Å². The molecule has 1 N–H and O–H groups in total. The lowest BCUT2D eigenvalue weighted by Crippen LogP contribution is -2.39. The zero-order chi connectivity index (χ0) is 20.1. The van der Waals surface area contributed by atoms with Crippen LogP contribution in [0.5, 0.6) is 5.75 Å². The topological polar surface area (TPSA) is 50.8 Å². The predicted molar refractivity (Wildman–Crippen MR) is 113 cm³/mol. The monoisotopic (exact) mass is 394 g/mol.